The Balaban J connectivity index is 2.23. The van der Waals surface area contributed by atoms with Crippen molar-refractivity contribution in [2.24, 2.45) is 5.92 Å². The first-order valence-electron chi connectivity index (χ1n) is 4.14. The number of carbonyl (C=O) groups is 2. The fraction of sp³-hybridized carbons (Fsp3) is 0.750. The molecule has 0 bridgehead atoms. The second-order valence-corrected chi connectivity index (χ2v) is 2.88. The maximum absolute atomic E-state index is 10.9. The van der Waals surface area contributed by atoms with E-state index in [1.165, 1.54) is 0 Å². The molecule has 1 heterocycles. The fourth-order valence-corrected chi connectivity index (χ4v) is 1.26. The fourth-order valence-electron chi connectivity index (χ4n) is 1.26. The highest BCUT2D eigenvalue weighted by Crippen LogP contribution is 2.13. The van der Waals surface area contributed by atoms with Crippen molar-refractivity contribution >= 4 is 11.9 Å². The molecule has 1 N–H and O–H groups in total. The zero-order valence-corrected chi connectivity index (χ0v) is 7.13. The Labute approximate surface area is 71.3 Å². The van der Waals surface area contributed by atoms with Gasteiger partial charge in [0.1, 0.15) is 0 Å². The van der Waals surface area contributed by atoms with Crippen molar-refractivity contribution in [2.75, 3.05) is 13.2 Å². The van der Waals surface area contributed by atoms with Crippen LogP contribution in [0.2, 0.25) is 0 Å². The minimum Gasteiger partial charge on any atom is -0.466 e. The largest absolute Gasteiger partial charge is 0.466 e. The van der Waals surface area contributed by atoms with Gasteiger partial charge >= 0.3 is 5.97 Å². The van der Waals surface area contributed by atoms with Crippen LogP contribution in [0.15, 0.2) is 0 Å². The number of rotatable bonds is 3. The quantitative estimate of drug-likeness (QED) is 0.611. The van der Waals surface area contributed by atoms with Crippen molar-refractivity contribution in [3.63, 3.8) is 0 Å². The lowest BCUT2D eigenvalue weighted by molar-refractivity contribution is -0.144. The molecule has 1 saturated heterocycles. The smallest absolute Gasteiger partial charge is 0.306 e. The zero-order valence-electron chi connectivity index (χ0n) is 7.13. The number of amides is 1. The van der Waals surface area contributed by atoms with Crippen LogP contribution in [-0.2, 0) is 14.3 Å². The molecular formula is C8H13NO3. The van der Waals surface area contributed by atoms with Crippen LogP contribution < -0.4 is 5.32 Å². The number of nitrogens with one attached hydrogen (secondary N) is 1. The van der Waals surface area contributed by atoms with E-state index in [-0.39, 0.29) is 17.8 Å². The molecule has 68 valence electrons. The van der Waals surface area contributed by atoms with Crippen LogP contribution in [0, 0.1) is 5.92 Å². The van der Waals surface area contributed by atoms with Crippen LogP contribution in [0.4, 0.5) is 0 Å². The van der Waals surface area contributed by atoms with E-state index in [4.69, 9.17) is 4.74 Å². The Kier molecular flexibility index (Phi) is 3.08. The lowest BCUT2D eigenvalue weighted by Gasteiger charge is -2.05. The van der Waals surface area contributed by atoms with Crippen molar-refractivity contribution in [1.29, 1.82) is 0 Å². The van der Waals surface area contributed by atoms with Crippen molar-refractivity contribution in [2.45, 2.75) is 19.8 Å². The summed E-state index contributed by atoms with van der Waals surface area (Å²) in [7, 11) is 0. The first kappa shape index (κ1) is 9.03. The molecule has 1 aliphatic heterocycles. The zero-order chi connectivity index (χ0) is 8.97. The molecule has 0 spiro atoms. The maximum atomic E-state index is 10.9. The van der Waals surface area contributed by atoms with Gasteiger partial charge in [-0.25, -0.2) is 0 Å². The SMILES string of the molecule is CCOC(=O)C[C@H]1CNC(=O)C1. The van der Waals surface area contributed by atoms with E-state index in [1.54, 1.807) is 6.92 Å². The van der Waals surface area contributed by atoms with E-state index >= 15 is 0 Å². The Morgan fingerprint density at radius 2 is 2.50 bits per heavy atom. The third kappa shape index (κ3) is 2.53. The summed E-state index contributed by atoms with van der Waals surface area (Å²) in [5.41, 5.74) is 0. The predicted molar refractivity (Wildman–Crippen MR) is 42.4 cm³/mol. The minimum absolute atomic E-state index is 0.0318. The lowest BCUT2D eigenvalue weighted by atomic mass is 10.1. The molecule has 0 saturated carbocycles. The summed E-state index contributed by atoms with van der Waals surface area (Å²) >= 11 is 0. The van der Waals surface area contributed by atoms with Crippen molar-refractivity contribution in [3.8, 4) is 0 Å². The third-order valence-electron chi connectivity index (χ3n) is 1.82. The monoisotopic (exact) mass is 171 g/mol. The molecule has 12 heavy (non-hydrogen) atoms. The summed E-state index contributed by atoms with van der Waals surface area (Å²) in [6.07, 6.45) is 0.811. The van der Waals surface area contributed by atoms with Gasteiger partial charge in [-0.05, 0) is 12.8 Å². The Morgan fingerprint density at radius 3 is 3.00 bits per heavy atom. The lowest BCUT2D eigenvalue weighted by Crippen LogP contribution is -2.15. The van der Waals surface area contributed by atoms with Gasteiger partial charge in [0.05, 0.1) is 13.0 Å². The molecular weight excluding hydrogens is 158 g/mol. The van der Waals surface area contributed by atoms with E-state index in [9.17, 15) is 9.59 Å². The molecule has 4 nitrogen and oxygen atoms in total. The molecule has 0 unspecified atom stereocenters. The molecule has 1 amide bonds. The van der Waals surface area contributed by atoms with E-state index < -0.39 is 0 Å². The van der Waals surface area contributed by atoms with Gasteiger partial charge in [-0.3, -0.25) is 9.59 Å². The Bertz CT molecular complexity index is 191. The molecule has 0 aromatic rings. The average molecular weight is 171 g/mol. The summed E-state index contributed by atoms with van der Waals surface area (Å²) in [6.45, 7) is 2.79. The van der Waals surface area contributed by atoms with Crippen LogP contribution in [0.25, 0.3) is 0 Å². The predicted octanol–water partition coefficient (Wildman–Crippen LogP) is 0.0757. The first-order valence-corrected chi connectivity index (χ1v) is 4.14. The van der Waals surface area contributed by atoms with Crippen LogP contribution >= 0.6 is 0 Å². The van der Waals surface area contributed by atoms with Gasteiger partial charge in [-0.2, -0.15) is 0 Å². The summed E-state index contributed by atoms with van der Waals surface area (Å²) < 4.78 is 4.76. The highest BCUT2D eigenvalue weighted by molar-refractivity contribution is 5.79. The second kappa shape index (κ2) is 4.09. The van der Waals surface area contributed by atoms with E-state index in [0.29, 0.717) is 26.0 Å². The summed E-state index contributed by atoms with van der Waals surface area (Å²) in [5, 5.41) is 2.67. The normalized spacial score (nSPS) is 22.1. The standard InChI is InChI=1S/C8H13NO3/c1-2-12-8(11)4-6-3-7(10)9-5-6/h6H,2-5H2,1H3,(H,9,10)/t6-/m0/s1. The first-order chi connectivity index (χ1) is 5.72. The van der Waals surface area contributed by atoms with Crippen LogP contribution in [0.5, 0.6) is 0 Å². The molecule has 4 heteroatoms. The Hall–Kier alpha value is -1.06. The van der Waals surface area contributed by atoms with Gasteiger partial charge < -0.3 is 10.1 Å². The number of hydrogen-bond acceptors (Lipinski definition) is 3. The Morgan fingerprint density at radius 1 is 1.75 bits per heavy atom. The van der Waals surface area contributed by atoms with E-state index in [1.807, 2.05) is 0 Å². The van der Waals surface area contributed by atoms with Gasteiger partial charge in [0, 0.05) is 13.0 Å². The summed E-state index contributed by atoms with van der Waals surface area (Å²) in [5.74, 6) is -0.0418. The molecule has 1 fully saturated rings. The molecule has 1 aliphatic rings. The van der Waals surface area contributed by atoms with Gasteiger partial charge in [-0.15, -0.1) is 0 Å². The third-order valence-corrected chi connectivity index (χ3v) is 1.82. The number of ether oxygens (including phenoxy) is 1. The van der Waals surface area contributed by atoms with Crippen molar-refractivity contribution in [1.82, 2.24) is 5.32 Å². The van der Waals surface area contributed by atoms with E-state index in [2.05, 4.69) is 5.32 Å². The summed E-state index contributed by atoms with van der Waals surface area (Å²) in [4.78, 5) is 21.7. The van der Waals surface area contributed by atoms with Gasteiger partial charge in [-0.1, -0.05) is 0 Å². The molecule has 1 rings (SSSR count). The minimum atomic E-state index is -0.209. The van der Waals surface area contributed by atoms with Crippen molar-refractivity contribution in [3.05, 3.63) is 0 Å². The maximum Gasteiger partial charge on any atom is 0.306 e. The molecule has 0 aromatic carbocycles. The van der Waals surface area contributed by atoms with Crippen molar-refractivity contribution < 1.29 is 14.3 Å². The summed E-state index contributed by atoms with van der Waals surface area (Å²) in [6, 6.07) is 0. The van der Waals surface area contributed by atoms with Gasteiger partial charge in [0.15, 0.2) is 0 Å². The number of hydrogen-bond donors (Lipinski definition) is 1. The number of esters is 1. The molecule has 0 radical (unpaired) electrons. The van der Waals surface area contributed by atoms with Crippen LogP contribution in [0.3, 0.4) is 0 Å². The topological polar surface area (TPSA) is 55.4 Å². The second-order valence-electron chi connectivity index (χ2n) is 2.88. The van der Waals surface area contributed by atoms with Gasteiger partial charge in [0.2, 0.25) is 5.91 Å². The van der Waals surface area contributed by atoms with Crippen LogP contribution in [-0.4, -0.2) is 25.0 Å². The molecule has 0 aromatic heterocycles. The highest BCUT2D eigenvalue weighted by Gasteiger charge is 2.23. The molecule has 0 aliphatic carbocycles. The van der Waals surface area contributed by atoms with E-state index in [0.717, 1.165) is 0 Å². The average Bonchev–Trinajstić information content (AvgIpc) is 2.36. The van der Waals surface area contributed by atoms with Crippen LogP contribution in [0.1, 0.15) is 19.8 Å². The highest BCUT2D eigenvalue weighted by atomic mass is 16.5. The molecule has 1 atom stereocenters. The number of carbonyl (C=O) groups excluding carboxylic acids is 2. The van der Waals surface area contributed by atoms with Gasteiger partial charge in [0.25, 0.3) is 0 Å².